The minimum absolute atomic E-state index is 0. The number of hydrogen-bond acceptors (Lipinski definition) is 6. The van der Waals surface area contributed by atoms with Crippen molar-refractivity contribution in [2.24, 2.45) is 0 Å². The largest absolute Gasteiger partial charge is 0.481 e. The van der Waals surface area contributed by atoms with E-state index >= 15 is 0 Å². The van der Waals surface area contributed by atoms with Gasteiger partial charge < -0.3 is 25.5 Å². The van der Waals surface area contributed by atoms with Crippen LogP contribution in [0.4, 0.5) is 4.39 Å². The Hall–Kier alpha value is -1.65. The monoisotopic (exact) mass is 484 g/mol. The van der Waals surface area contributed by atoms with Crippen LogP contribution in [0.25, 0.3) is 17.2 Å². The van der Waals surface area contributed by atoms with E-state index in [1.807, 2.05) is 13.8 Å². The van der Waals surface area contributed by atoms with E-state index in [-0.39, 0.29) is 61.0 Å². The average Bonchev–Trinajstić information content (AvgIpc) is 2.75. The standard InChI is InChI=1S/C25H32FNO6.Na/c1-14(2)24-20(9-8-18(30)10-19(31)11-22(32)33)23(16-4-6-17(26)7-5-16)21(13-29)25(27-24)15(3)12-28;/h4-9,14-15,18-19,28-31H,10-13H2,1-3H3,(H,32,33);/b9-8+;/t15-,18-,19-;/m1./s1. The Bertz CT molecular complexity index is 980. The summed E-state index contributed by atoms with van der Waals surface area (Å²) in [6.45, 7) is 5.14. The third kappa shape index (κ3) is 7.95. The van der Waals surface area contributed by atoms with Gasteiger partial charge in [-0.05, 0) is 29.2 Å². The van der Waals surface area contributed by atoms with Crippen LogP contribution in [0, 0.1) is 5.82 Å². The molecule has 2 rings (SSSR count). The van der Waals surface area contributed by atoms with Gasteiger partial charge >= 0.3 is 5.97 Å². The van der Waals surface area contributed by atoms with Crippen molar-refractivity contribution in [3.05, 3.63) is 58.7 Å². The molecule has 0 amide bonds. The molecule has 9 heteroatoms. The fourth-order valence-electron chi connectivity index (χ4n) is 3.73. The Morgan fingerprint density at radius 1 is 1.09 bits per heavy atom. The van der Waals surface area contributed by atoms with Crippen molar-refractivity contribution in [3.63, 3.8) is 0 Å². The maximum Gasteiger partial charge on any atom is 0.305 e. The van der Waals surface area contributed by atoms with Gasteiger partial charge in [-0.15, -0.1) is 0 Å². The van der Waals surface area contributed by atoms with Crippen LogP contribution in [0.2, 0.25) is 0 Å². The quantitative estimate of drug-likeness (QED) is 0.310. The van der Waals surface area contributed by atoms with Gasteiger partial charge in [0.25, 0.3) is 0 Å². The van der Waals surface area contributed by atoms with Crippen molar-refractivity contribution in [2.75, 3.05) is 6.61 Å². The molecular weight excluding hydrogens is 452 g/mol. The van der Waals surface area contributed by atoms with Crippen molar-refractivity contribution in [3.8, 4) is 11.1 Å². The topological polar surface area (TPSA) is 131 Å². The Balaban J connectivity index is 0.00000578. The van der Waals surface area contributed by atoms with Crippen LogP contribution in [0.15, 0.2) is 30.3 Å². The molecule has 34 heavy (non-hydrogen) atoms. The smallest absolute Gasteiger partial charge is 0.305 e. The number of halogens is 1. The van der Waals surface area contributed by atoms with Crippen LogP contribution in [0.1, 0.15) is 68.0 Å². The number of aliphatic hydroxyl groups is 4. The van der Waals surface area contributed by atoms with Crippen molar-refractivity contribution in [2.45, 2.75) is 64.3 Å². The summed E-state index contributed by atoms with van der Waals surface area (Å²) < 4.78 is 13.6. The molecule has 0 bridgehead atoms. The molecule has 1 heterocycles. The number of carboxylic acid groups (broad SMARTS) is 1. The second-order valence-corrected chi connectivity index (χ2v) is 8.47. The number of carbonyl (C=O) groups is 1. The van der Waals surface area contributed by atoms with Gasteiger partial charge in [-0.2, -0.15) is 0 Å². The molecule has 0 saturated heterocycles. The Kier molecular flexibility index (Phi) is 12.5. The molecule has 1 radical (unpaired) electrons. The molecule has 5 N–H and O–H groups in total. The molecule has 0 aliphatic heterocycles. The van der Waals surface area contributed by atoms with Crippen molar-refractivity contribution in [1.29, 1.82) is 0 Å². The van der Waals surface area contributed by atoms with E-state index in [1.165, 1.54) is 18.2 Å². The molecule has 1 aromatic heterocycles. The zero-order valence-corrected chi connectivity index (χ0v) is 22.1. The molecule has 0 fully saturated rings. The second-order valence-electron chi connectivity index (χ2n) is 8.47. The van der Waals surface area contributed by atoms with Crippen LogP contribution in [0.5, 0.6) is 0 Å². The van der Waals surface area contributed by atoms with Crippen molar-refractivity contribution < 1.29 is 34.7 Å². The molecular formula is C25H32FNNaO6. The fourth-order valence-corrected chi connectivity index (χ4v) is 3.73. The van der Waals surface area contributed by atoms with Gasteiger partial charge in [-0.25, -0.2) is 4.39 Å². The molecule has 1 aromatic carbocycles. The number of hydrogen-bond donors (Lipinski definition) is 5. The molecule has 0 aliphatic rings. The van der Waals surface area contributed by atoms with E-state index in [9.17, 15) is 29.6 Å². The van der Waals surface area contributed by atoms with Gasteiger partial charge in [-0.3, -0.25) is 9.78 Å². The Morgan fingerprint density at radius 2 is 1.71 bits per heavy atom. The van der Waals surface area contributed by atoms with E-state index in [0.717, 1.165) is 0 Å². The van der Waals surface area contributed by atoms with Gasteiger partial charge in [0.2, 0.25) is 0 Å². The number of benzene rings is 1. The first-order valence-electron chi connectivity index (χ1n) is 10.9. The second kappa shape index (κ2) is 14.0. The fraction of sp³-hybridized carbons (Fsp3) is 0.440. The van der Waals surface area contributed by atoms with E-state index in [2.05, 4.69) is 0 Å². The van der Waals surface area contributed by atoms with E-state index < -0.39 is 30.4 Å². The zero-order valence-electron chi connectivity index (χ0n) is 20.1. The van der Waals surface area contributed by atoms with E-state index in [1.54, 1.807) is 25.1 Å². The summed E-state index contributed by atoms with van der Waals surface area (Å²) in [6.07, 6.45) is 0.109. The predicted octanol–water partition coefficient (Wildman–Crippen LogP) is 2.82. The summed E-state index contributed by atoms with van der Waals surface area (Å²) in [5.74, 6) is -1.98. The zero-order chi connectivity index (χ0) is 24.7. The molecule has 2 aromatic rings. The average molecular weight is 485 g/mol. The van der Waals surface area contributed by atoms with Gasteiger partial charge in [0.15, 0.2) is 0 Å². The first kappa shape index (κ1) is 30.4. The molecule has 0 aliphatic carbocycles. The van der Waals surface area contributed by atoms with Crippen molar-refractivity contribution >= 4 is 41.6 Å². The molecule has 0 unspecified atom stereocenters. The SMILES string of the molecule is CC(C)c1nc([C@H](C)CO)c(CO)c(-c2ccc(F)cc2)c1/C=C/[C@@H](O)C[C@@H](O)CC(=O)O.[Na]. The van der Waals surface area contributed by atoms with Crippen molar-refractivity contribution in [1.82, 2.24) is 4.98 Å². The number of aromatic nitrogens is 1. The minimum Gasteiger partial charge on any atom is -0.481 e. The van der Waals surface area contributed by atoms with Gasteiger partial charge in [0, 0.05) is 53.0 Å². The van der Waals surface area contributed by atoms with Gasteiger partial charge in [0.05, 0.1) is 43.2 Å². The molecule has 0 saturated carbocycles. The summed E-state index contributed by atoms with van der Waals surface area (Å²) in [5, 5.41) is 48.9. The van der Waals surface area contributed by atoms with Gasteiger partial charge in [-0.1, -0.05) is 45.1 Å². The molecule has 7 nitrogen and oxygen atoms in total. The van der Waals surface area contributed by atoms with Crippen LogP contribution in [-0.4, -0.2) is 84.9 Å². The number of aliphatic hydroxyl groups excluding tert-OH is 4. The third-order valence-electron chi connectivity index (χ3n) is 5.38. The number of nitrogens with zero attached hydrogens (tertiary/aromatic N) is 1. The van der Waals surface area contributed by atoms with Crippen LogP contribution in [0.3, 0.4) is 0 Å². The molecule has 181 valence electrons. The molecule has 0 spiro atoms. The maximum absolute atomic E-state index is 13.6. The first-order chi connectivity index (χ1) is 15.6. The summed E-state index contributed by atoms with van der Waals surface area (Å²) in [7, 11) is 0. The van der Waals surface area contributed by atoms with Crippen LogP contribution in [-0.2, 0) is 11.4 Å². The summed E-state index contributed by atoms with van der Waals surface area (Å²) >= 11 is 0. The van der Waals surface area contributed by atoms with Gasteiger partial charge in [0.1, 0.15) is 5.82 Å². The number of rotatable bonds is 11. The van der Waals surface area contributed by atoms with Crippen LogP contribution >= 0.6 is 0 Å². The summed E-state index contributed by atoms with van der Waals surface area (Å²) in [4.78, 5) is 15.5. The normalized spacial score (nSPS) is 14.1. The Morgan fingerprint density at radius 3 is 2.21 bits per heavy atom. The summed E-state index contributed by atoms with van der Waals surface area (Å²) in [6, 6.07) is 5.80. The van der Waals surface area contributed by atoms with Crippen LogP contribution < -0.4 is 0 Å². The minimum atomic E-state index is -1.21. The molecule has 3 atom stereocenters. The number of carboxylic acids is 1. The van der Waals surface area contributed by atoms with E-state index in [0.29, 0.717) is 33.6 Å². The Labute approximate surface area is 221 Å². The van der Waals surface area contributed by atoms with E-state index in [4.69, 9.17) is 10.1 Å². The predicted molar refractivity (Wildman–Crippen MR) is 129 cm³/mol. The first-order valence-corrected chi connectivity index (χ1v) is 10.9. The summed E-state index contributed by atoms with van der Waals surface area (Å²) in [5.41, 5.74) is 3.56. The maximum atomic E-state index is 13.6. The number of pyridine rings is 1. The third-order valence-corrected chi connectivity index (χ3v) is 5.38. The number of aliphatic carboxylic acids is 1.